The molecule has 1 saturated heterocycles. The summed E-state index contributed by atoms with van der Waals surface area (Å²) in [6, 6.07) is 15.2. The van der Waals surface area contributed by atoms with Crippen LogP contribution in [0.3, 0.4) is 0 Å². The second-order valence-corrected chi connectivity index (χ2v) is 8.54. The van der Waals surface area contributed by atoms with Crippen molar-refractivity contribution in [2.24, 2.45) is 4.99 Å². The molecule has 178 valence electrons. The number of aromatic nitrogens is 3. The van der Waals surface area contributed by atoms with Gasteiger partial charge in [0.15, 0.2) is 0 Å². The first-order valence-electron chi connectivity index (χ1n) is 11.0. The summed E-state index contributed by atoms with van der Waals surface area (Å²) >= 11 is 6.48. The molecule has 1 fully saturated rings. The smallest absolute Gasteiger partial charge is 0.292 e. The van der Waals surface area contributed by atoms with Gasteiger partial charge in [0.05, 0.1) is 35.6 Å². The number of aliphatic hydroxyl groups is 1. The van der Waals surface area contributed by atoms with Crippen LogP contribution in [0.25, 0.3) is 10.9 Å². The largest absolute Gasteiger partial charge is 0.457 e. The Morgan fingerprint density at radius 1 is 1.17 bits per heavy atom. The van der Waals surface area contributed by atoms with Crippen LogP contribution < -0.4 is 10.1 Å². The standard InChI is InChI=1S/C25H23ClN6O3/c1-15-3-6-18(11-27-15)34-23-8-5-17(10-21(23)26)30-24-20-9-16(4-7-22(20)28-14-29-24)31-25-32(2)12-19(13-33)35-25/h3-11,14,19,33H,12-13H2,1-2H3,(H,28,29,30)/b31-25-. The minimum Gasteiger partial charge on any atom is -0.457 e. The van der Waals surface area contributed by atoms with E-state index in [1.54, 1.807) is 18.3 Å². The van der Waals surface area contributed by atoms with E-state index in [1.165, 1.54) is 6.33 Å². The van der Waals surface area contributed by atoms with Crippen molar-refractivity contribution in [1.29, 1.82) is 0 Å². The number of hydrogen-bond donors (Lipinski definition) is 2. The Labute approximate surface area is 207 Å². The van der Waals surface area contributed by atoms with Crippen LogP contribution in [-0.2, 0) is 4.74 Å². The molecule has 9 nitrogen and oxygen atoms in total. The second-order valence-electron chi connectivity index (χ2n) is 8.13. The van der Waals surface area contributed by atoms with Crippen LogP contribution in [0.1, 0.15) is 5.69 Å². The molecule has 2 aromatic carbocycles. The van der Waals surface area contributed by atoms with Gasteiger partial charge in [0.1, 0.15) is 29.7 Å². The van der Waals surface area contributed by atoms with Crippen LogP contribution in [0.4, 0.5) is 17.2 Å². The monoisotopic (exact) mass is 490 g/mol. The van der Waals surface area contributed by atoms with Gasteiger partial charge in [-0.1, -0.05) is 11.6 Å². The van der Waals surface area contributed by atoms with Gasteiger partial charge in [0, 0.05) is 23.8 Å². The third kappa shape index (κ3) is 5.11. The molecule has 0 amide bonds. The molecular formula is C25H23ClN6O3. The summed E-state index contributed by atoms with van der Waals surface area (Å²) in [5.74, 6) is 1.74. The third-order valence-electron chi connectivity index (χ3n) is 5.43. The predicted molar refractivity (Wildman–Crippen MR) is 135 cm³/mol. The molecule has 10 heteroatoms. The van der Waals surface area contributed by atoms with Crippen LogP contribution >= 0.6 is 11.6 Å². The fourth-order valence-corrected chi connectivity index (χ4v) is 3.85. The zero-order valence-corrected chi connectivity index (χ0v) is 19.9. The lowest BCUT2D eigenvalue weighted by atomic mass is 10.2. The number of pyridine rings is 1. The number of hydrogen-bond acceptors (Lipinski definition) is 8. The van der Waals surface area contributed by atoms with E-state index in [-0.39, 0.29) is 12.7 Å². The quantitative estimate of drug-likeness (QED) is 0.396. The van der Waals surface area contributed by atoms with E-state index < -0.39 is 0 Å². The van der Waals surface area contributed by atoms with E-state index in [2.05, 4.69) is 25.3 Å². The number of benzene rings is 2. The van der Waals surface area contributed by atoms with Gasteiger partial charge in [-0.2, -0.15) is 4.99 Å². The van der Waals surface area contributed by atoms with Crippen molar-refractivity contribution in [3.05, 3.63) is 71.8 Å². The maximum atomic E-state index is 9.35. The molecule has 0 saturated carbocycles. The van der Waals surface area contributed by atoms with Crippen molar-refractivity contribution in [2.75, 3.05) is 25.5 Å². The average Bonchev–Trinajstić information content (AvgIpc) is 3.21. The number of ether oxygens (including phenoxy) is 2. The molecule has 2 aromatic heterocycles. The van der Waals surface area contributed by atoms with Crippen LogP contribution in [0, 0.1) is 6.92 Å². The van der Waals surface area contributed by atoms with Crippen molar-refractivity contribution < 1.29 is 14.6 Å². The lowest BCUT2D eigenvalue weighted by molar-refractivity contribution is 0.132. The van der Waals surface area contributed by atoms with E-state index in [0.29, 0.717) is 40.6 Å². The number of nitrogens with zero attached hydrogens (tertiary/aromatic N) is 5. The van der Waals surface area contributed by atoms with Gasteiger partial charge < -0.3 is 24.8 Å². The zero-order chi connectivity index (χ0) is 24.4. The summed E-state index contributed by atoms with van der Waals surface area (Å²) in [4.78, 5) is 19.5. The highest BCUT2D eigenvalue weighted by atomic mass is 35.5. The summed E-state index contributed by atoms with van der Waals surface area (Å²) in [7, 11) is 1.87. The summed E-state index contributed by atoms with van der Waals surface area (Å²) < 4.78 is 11.5. The molecule has 1 atom stereocenters. The molecule has 35 heavy (non-hydrogen) atoms. The number of halogens is 1. The molecule has 1 aliphatic rings. The number of likely N-dealkylation sites (N-methyl/N-ethyl adjacent to an activating group) is 1. The van der Waals surface area contributed by atoms with E-state index in [9.17, 15) is 5.11 Å². The van der Waals surface area contributed by atoms with Crippen molar-refractivity contribution in [3.63, 3.8) is 0 Å². The van der Waals surface area contributed by atoms with E-state index in [1.807, 2.05) is 55.3 Å². The highest BCUT2D eigenvalue weighted by Crippen LogP contribution is 2.34. The molecular weight excluding hydrogens is 468 g/mol. The number of aryl methyl sites for hydroxylation is 1. The molecule has 0 aliphatic carbocycles. The Morgan fingerprint density at radius 2 is 2.06 bits per heavy atom. The number of amidine groups is 1. The van der Waals surface area contributed by atoms with Gasteiger partial charge in [0.2, 0.25) is 0 Å². The molecule has 0 spiro atoms. The van der Waals surface area contributed by atoms with Gasteiger partial charge in [-0.3, -0.25) is 4.98 Å². The number of aliphatic hydroxyl groups excluding tert-OH is 1. The van der Waals surface area contributed by atoms with Crippen molar-refractivity contribution in [2.45, 2.75) is 13.0 Å². The van der Waals surface area contributed by atoms with Gasteiger partial charge in [-0.25, -0.2) is 9.97 Å². The number of fused-ring (bicyclic) bond motifs is 1. The van der Waals surface area contributed by atoms with Crippen LogP contribution in [0.15, 0.2) is 66.0 Å². The lowest BCUT2D eigenvalue weighted by Crippen LogP contribution is -2.21. The first-order valence-corrected chi connectivity index (χ1v) is 11.4. The highest BCUT2D eigenvalue weighted by Gasteiger charge is 2.26. The Kier molecular flexibility index (Phi) is 6.35. The number of anilines is 2. The Hall–Kier alpha value is -3.95. The second kappa shape index (κ2) is 9.73. The molecule has 1 aliphatic heterocycles. The Morgan fingerprint density at radius 3 is 2.80 bits per heavy atom. The molecule has 0 bridgehead atoms. The molecule has 2 N–H and O–H groups in total. The van der Waals surface area contributed by atoms with E-state index in [0.717, 1.165) is 22.3 Å². The van der Waals surface area contributed by atoms with Gasteiger partial charge in [-0.05, 0) is 55.5 Å². The number of nitrogens with one attached hydrogen (secondary N) is 1. The normalized spacial score (nSPS) is 16.5. The van der Waals surface area contributed by atoms with E-state index in [4.69, 9.17) is 21.1 Å². The molecule has 4 aromatic rings. The highest BCUT2D eigenvalue weighted by molar-refractivity contribution is 6.32. The maximum Gasteiger partial charge on any atom is 0.292 e. The lowest BCUT2D eigenvalue weighted by Gasteiger charge is -2.12. The predicted octanol–water partition coefficient (Wildman–Crippen LogP) is 4.83. The van der Waals surface area contributed by atoms with Crippen LogP contribution in [0.2, 0.25) is 5.02 Å². The van der Waals surface area contributed by atoms with Crippen molar-refractivity contribution in [1.82, 2.24) is 19.9 Å². The topological polar surface area (TPSA) is 105 Å². The molecule has 5 rings (SSSR count). The van der Waals surface area contributed by atoms with E-state index >= 15 is 0 Å². The molecule has 0 radical (unpaired) electrons. The fourth-order valence-electron chi connectivity index (χ4n) is 3.63. The maximum absolute atomic E-state index is 9.35. The first-order chi connectivity index (χ1) is 17.0. The van der Waals surface area contributed by atoms with Crippen molar-refractivity contribution >= 4 is 45.7 Å². The summed E-state index contributed by atoms with van der Waals surface area (Å²) in [6.07, 6.45) is 2.88. The first kappa shape index (κ1) is 22.8. The zero-order valence-electron chi connectivity index (χ0n) is 19.1. The van der Waals surface area contributed by atoms with Crippen molar-refractivity contribution in [3.8, 4) is 11.5 Å². The SMILES string of the molecule is Cc1ccc(Oc2ccc(Nc3ncnc4ccc(/N=C5\OC(CO)CN5C)cc34)cc2Cl)cn1. The average molecular weight is 491 g/mol. The van der Waals surface area contributed by atoms with Crippen LogP contribution in [0.5, 0.6) is 11.5 Å². The summed E-state index contributed by atoms with van der Waals surface area (Å²) in [6.45, 7) is 2.44. The van der Waals surface area contributed by atoms with Crippen LogP contribution in [-0.4, -0.2) is 57.3 Å². The molecule has 3 heterocycles. The third-order valence-corrected chi connectivity index (χ3v) is 5.73. The molecule has 1 unspecified atom stereocenters. The Bertz CT molecular complexity index is 1400. The number of aliphatic imine (C=N–C) groups is 1. The number of rotatable bonds is 6. The van der Waals surface area contributed by atoms with Gasteiger partial charge in [-0.15, -0.1) is 0 Å². The van der Waals surface area contributed by atoms with Gasteiger partial charge >= 0.3 is 0 Å². The minimum absolute atomic E-state index is 0.0582. The van der Waals surface area contributed by atoms with Gasteiger partial charge in [0.25, 0.3) is 6.02 Å². The summed E-state index contributed by atoms with van der Waals surface area (Å²) in [5.41, 5.74) is 3.10. The fraction of sp³-hybridized carbons (Fsp3) is 0.200. The Balaban J connectivity index is 1.39. The minimum atomic E-state index is -0.279. The summed E-state index contributed by atoms with van der Waals surface area (Å²) in [5, 5.41) is 13.9.